The fourth-order valence-corrected chi connectivity index (χ4v) is 3.47. The highest BCUT2D eigenvalue weighted by Crippen LogP contribution is 2.17. The standard InChI is InChI=1S/C26H36N2O3/c1-4-6-18-27-26(30)24(5-2)28(20-22-14-11-10-13-21(22)3)25(29)17-12-19-31-23-15-8-7-9-16-23/h7-11,13-16,24H,4-6,12,17-20H2,1-3H3,(H,27,30)/t24-/m1/s1. The normalized spacial score (nSPS) is 11.6. The van der Waals surface area contributed by atoms with E-state index in [0.717, 1.165) is 29.7 Å². The van der Waals surface area contributed by atoms with Gasteiger partial charge < -0.3 is 15.0 Å². The van der Waals surface area contributed by atoms with Gasteiger partial charge >= 0.3 is 0 Å². The molecule has 0 unspecified atom stereocenters. The number of amides is 2. The van der Waals surface area contributed by atoms with E-state index in [9.17, 15) is 9.59 Å². The maximum Gasteiger partial charge on any atom is 0.242 e. The first-order valence-corrected chi connectivity index (χ1v) is 11.4. The quantitative estimate of drug-likeness (QED) is 0.466. The second kappa shape index (κ2) is 13.5. The number of carbonyl (C=O) groups is 2. The Bertz CT molecular complexity index is 807. The smallest absolute Gasteiger partial charge is 0.242 e. The Morgan fingerprint density at radius 1 is 1.00 bits per heavy atom. The van der Waals surface area contributed by atoms with E-state index in [4.69, 9.17) is 4.74 Å². The lowest BCUT2D eigenvalue weighted by molar-refractivity contribution is -0.141. The fraction of sp³-hybridized carbons (Fsp3) is 0.462. The van der Waals surface area contributed by atoms with Gasteiger partial charge in [-0.2, -0.15) is 0 Å². The predicted octanol–water partition coefficient (Wildman–Crippen LogP) is 4.88. The van der Waals surface area contributed by atoms with Crippen molar-refractivity contribution in [2.24, 2.45) is 0 Å². The lowest BCUT2D eigenvalue weighted by Crippen LogP contribution is -2.49. The highest BCUT2D eigenvalue weighted by molar-refractivity contribution is 5.87. The number of hydrogen-bond acceptors (Lipinski definition) is 3. The van der Waals surface area contributed by atoms with Crippen LogP contribution in [0.2, 0.25) is 0 Å². The third-order valence-corrected chi connectivity index (χ3v) is 5.36. The lowest BCUT2D eigenvalue weighted by Gasteiger charge is -2.31. The zero-order valence-electron chi connectivity index (χ0n) is 19.1. The molecular formula is C26H36N2O3. The molecule has 2 aromatic carbocycles. The van der Waals surface area contributed by atoms with Gasteiger partial charge in [-0.05, 0) is 49.4 Å². The van der Waals surface area contributed by atoms with Gasteiger partial charge in [-0.1, -0.05) is 62.7 Å². The van der Waals surface area contributed by atoms with Crippen LogP contribution in [0.4, 0.5) is 0 Å². The molecule has 5 heteroatoms. The molecule has 5 nitrogen and oxygen atoms in total. The molecular weight excluding hydrogens is 388 g/mol. The molecule has 0 radical (unpaired) electrons. The van der Waals surface area contributed by atoms with Gasteiger partial charge in [0, 0.05) is 19.5 Å². The Balaban J connectivity index is 2.05. The van der Waals surface area contributed by atoms with Crippen LogP contribution >= 0.6 is 0 Å². The van der Waals surface area contributed by atoms with E-state index in [1.54, 1.807) is 4.90 Å². The Kier molecular flexibility index (Phi) is 10.6. The van der Waals surface area contributed by atoms with Gasteiger partial charge in [0.2, 0.25) is 11.8 Å². The summed E-state index contributed by atoms with van der Waals surface area (Å²) in [6.45, 7) is 7.63. The molecule has 0 spiro atoms. The van der Waals surface area contributed by atoms with E-state index in [1.165, 1.54) is 0 Å². The molecule has 2 amide bonds. The van der Waals surface area contributed by atoms with Crippen LogP contribution in [-0.4, -0.2) is 35.9 Å². The van der Waals surface area contributed by atoms with Crippen LogP contribution in [0.3, 0.4) is 0 Å². The number of unbranched alkanes of at least 4 members (excludes halogenated alkanes) is 1. The Labute approximate surface area is 186 Å². The highest BCUT2D eigenvalue weighted by Gasteiger charge is 2.28. The minimum absolute atomic E-state index is 0.0163. The molecule has 0 saturated carbocycles. The third kappa shape index (κ3) is 8.08. The summed E-state index contributed by atoms with van der Waals surface area (Å²) in [6.07, 6.45) is 3.48. The van der Waals surface area contributed by atoms with Gasteiger partial charge in [0.05, 0.1) is 6.61 Å². The summed E-state index contributed by atoms with van der Waals surface area (Å²) in [5.74, 6) is 0.712. The SMILES string of the molecule is CCCCNC(=O)[C@@H](CC)N(Cc1ccccc1C)C(=O)CCCOc1ccccc1. The molecule has 1 N–H and O–H groups in total. The lowest BCUT2D eigenvalue weighted by atomic mass is 10.1. The first kappa shape index (κ1) is 24.4. The molecule has 0 heterocycles. The van der Waals surface area contributed by atoms with Crippen molar-refractivity contribution in [1.82, 2.24) is 10.2 Å². The van der Waals surface area contributed by atoms with Crippen LogP contribution in [-0.2, 0) is 16.1 Å². The molecule has 0 saturated heterocycles. The number of benzene rings is 2. The van der Waals surface area contributed by atoms with Gasteiger partial charge in [0.25, 0.3) is 0 Å². The zero-order valence-corrected chi connectivity index (χ0v) is 19.1. The van der Waals surface area contributed by atoms with Crippen molar-refractivity contribution in [3.8, 4) is 5.75 Å². The van der Waals surface area contributed by atoms with Gasteiger partial charge in [0.15, 0.2) is 0 Å². The van der Waals surface area contributed by atoms with Crippen molar-refractivity contribution in [3.05, 3.63) is 65.7 Å². The molecule has 0 bridgehead atoms. The Morgan fingerprint density at radius 3 is 2.39 bits per heavy atom. The maximum atomic E-state index is 13.2. The molecule has 1 atom stereocenters. The molecule has 31 heavy (non-hydrogen) atoms. The maximum absolute atomic E-state index is 13.2. The highest BCUT2D eigenvalue weighted by atomic mass is 16.5. The van der Waals surface area contributed by atoms with Gasteiger partial charge in [-0.15, -0.1) is 0 Å². The number of ether oxygens (including phenoxy) is 1. The van der Waals surface area contributed by atoms with Crippen molar-refractivity contribution in [2.75, 3.05) is 13.2 Å². The van der Waals surface area contributed by atoms with Crippen LogP contribution < -0.4 is 10.1 Å². The monoisotopic (exact) mass is 424 g/mol. The number of aryl methyl sites for hydroxylation is 1. The van der Waals surface area contributed by atoms with Gasteiger partial charge in [-0.3, -0.25) is 9.59 Å². The molecule has 168 valence electrons. The van der Waals surface area contributed by atoms with Crippen molar-refractivity contribution in [1.29, 1.82) is 0 Å². The third-order valence-electron chi connectivity index (χ3n) is 5.36. The summed E-state index contributed by atoms with van der Waals surface area (Å²) >= 11 is 0. The number of nitrogens with zero attached hydrogens (tertiary/aromatic N) is 1. The Morgan fingerprint density at radius 2 is 1.71 bits per heavy atom. The minimum atomic E-state index is -0.473. The van der Waals surface area contributed by atoms with Crippen LogP contribution in [0.5, 0.6) is 5.75 Å². The number of carbonyl (C=O) groups excluding carboxylic acids is 2. The summed E-state index contributed by atoms with van der Waals surface area (Å²) in [7, 11) is 0. The second-order valence-electron chi connectivity index (χ2n) is 7.78. The second-order valence-corrected chi connectivity index (χ2v) is 7.78. The van der Waals surface area contributed by atoms with Gasteiger partial charge in [0.1, 0.15) is 11.8 Å². The van der Waals surface area contributed by atoms with Crippen LogP contribution in [0.15, 0.2) is 54.6 Å². The van der Waals surface area contributed by atoms with E-state index >= 15 is 0 Å². The first-order chi connectivity index (χ1) is 15.1. The average Bonchev–Trinajstić information content (AvgIpc) is 2.78. The molecule has 0 aliphatic heterocycles. The number of para-hydroxylation sites is 1. The topological polar surface area (TPSA) is 58.6 Å². The summed E-state index contributed by atoms with van der Waals surface area (Å²) in [5, 5.41) is 3.00. The van der Waals surface area contributed by atoms with E-state index in [2.05, 4.69) is 12.2 Å². The summed E-state index contributed by atoms with van der Waals surface area (Å²) in [6, 6.07) is 17.1. The van der Waals surface area contributed by atoms with Crippen molar-refractivity contribution >= 4 is 11.8 Å². The predicted molar refractivity (Wildman–Crippen MR) is 125 cm³/mol. The number of hydrogen-bond donors (Lipinski definition) is 1. The number of nitrogens with one attached hydrogen (secondary N) is 1. The average molecular weight is 425 g/mol. The fourth-order valence-electron chi connectivity index (χ4n) is 3.47. The molecule has 2 aromatic rings. The molecule has 0 aliphatic carbocycles. The van der Waals surface area contributed by atoms with Crippen LogP contribution in [0, 0.1) is 6.92 Å². The van der Waals surface area contributed by atoms with Crippen LogP contribution in [0.25, 0.3) is 0 Å². The number of rotatable bonds is 13. The van der Waals surface area contributed by atoms with E-state index in [-0.39, 0.29) is 11.8 Å². The van der Waals surface area contributed by atoms with E-state index in [0.29, 0.717) is 39.0 Å². The van der Waals surface area contributed by atoms with E-state index < -0.39 is 6.04 Å². The summed E-state index contributed by atoms with van der Waals surface area (Å²) in [4.78, 5) is 27.8. The van der Waals surface area contributed by atoms with Gasteiger partial charge in [-0.25, -0.2) is 0 Å². The zero-order chi connectivity index (χ0) is 22.5. The Hall–Kier alpha value is -2.82. The summed E-state index contributed by atoms with van der Waals surface area (Å²) < 4.78 is 5.72. The van der Waals surface area contributed by atoms with Crippen molar-refractivity contribution in [2.45, 2.75) is 65.5 Å². The van der Waals surface area contributed by atoms with Crippen LogP contribution in [0.1, 0.15) is 57.1 Å². The molecule has 0 fully saturated rings. The summed E-state index contributed by atoms with van der Waals surface area (Å²) in [5.41, 5.74) is 2.19. The molecule has 0 aliphatic rings. The first-order valence-electron chi connectivity index (χ1n) is 11.4. The van der Waals surface area contributed by atoms with Crippen molar-refractivity contribution < 1.29 is 14.3 Å². The molecule has 2 rings (SSSR count). The van der Waals surface area contributed by atoms with Crippen molar-refractivity contribution in [3.63, 3.8) is 0 Å². The minimum Gasteiger partial charge on any atom is -0.494 e. The van der Waals surface area contributed by atoms with E-state index in [1.807, 2.05) is 68.4 Å². The molecule has 0 aromatic heterocycles. The largest absolute Gasteiger partial charge is 0.494 e.